The standard InChI is InChI=1S/C14H16N2O4S/c1-3-19-14(18)11-10(9(5-15)12(16)21-11)6-20-13(17)8-4-7(8)2/h7-8H,3-4,6,16H2,1-2H3/t7-,8+/m1/s1. The van der Waals surface area contributed by atoms with Gasteiger partial charge in [0.15, 0.2) is 0 Å². The molecule has 0 bridgehead atoms. The number of anilines is 1. The zero-order chi connectivity index (χ0) is 15.6. The number of nitrogens with zero attached hydrogens (tertiary/aromatic N) is 1. The molecule has 0 radical (unpaired) electrons. The van der Waals surface area contributed by atoms with E-state index < -0.39 is 5.97 Å². The molecular formula is C14H16N2O4S. The second kappa shape index (κ2) is 6.14. The average molecular weight is 308 g/mol. The maximum absolute atomic E-state index is 11.9. The summed E-state index contributed by atoms with van der Waals surface area (Å²) in [6.07, 6.45) is 0.820. The topological polar surface area (TPSA) is 102 Å². The first kappa shape index (κ1) is 15.3. The molecular weight excluding hydrogens is 292 g/mol. The summed E-state index contributed by atoms with van der Waals surface area (Å²) in [6.45, 7) is 3.75. The van der Waals surface area contributed by atoms with Crippen molar-refractivity contribution in [3.05, 3.63) is 16.0 Å². The lowest BCUT2D eigenvalue weighted by Crippen LogP contribution is -2.11. The van der Waals surface area contributed by atoms with Crippen LogP contribution in [-0.4, -0.2) is 18.5 Å². The fourth-order valence-corrected chi connectivity index (χ4v) is 2.92. The summed E-state index contributed by atoms with van der Waals surface area (Å²) in [5.74, 6) is -0.588. The van der Waals surface area contributed by atoms with Crippen molar-refractivity contribution in [1.82, 2.24) is 0 Å². The molecule has 0 aliphatic heterocycles. The van der Waals surface area contributed by atoms with Crippen molar-refractivity contribution in [2.45, 2.75) is 26.9 Å². The van der Waals surface area contributed by atoms with Crippen LogP contribution in [0, 0.1) is 23.2 Å². The molecule has 1 saturated carbocycles. The van der Waals surface area contributed by atoms with E-state index in [1.807, 2.05) is 13.0 Å². The smallest absolute Gasteiger partial charge is 0.348 e. The minimum Gasteiger partial charge on any atom is -0.462 e. The van der Waals surface area contributed by atoms with Gasteiger partial charge in [0.25, 0.3) is 0 Å². The van der Waals surface area contributed by atoms with Crippen LogP contribution in [0.25, 0.3) is 0 Å². The number of nitrogens with two attached hydrogens (primary N) is 1. The Bertz CT molecular complexity index is 617. The Balaban J connectivity index is 2.17. The van der Waals surface area contributed by atoms with Gasteiger partial charge in [0.1, 0.15) is 22.6 Å². The van der Waals surface area contributed by atoms with E-state index in [-0.39, 0.29) is 40.5 Å². The van der Waals surface area contributed by atoms with Gasteiger partial charge in [-0.05, 0) is 19.3 Å². The van der Waals surface area contributed by atoms with Gasteiger partial charge in [-0.25, -0.2) is 4.79 Å². The quantitative estimate of drug-likeness (QED) is 0.835. The van der Waals surface area contributed by atoms with E-state index >= 15 is 0 Å². The largest absolute Gasteiger partial charge is 0.462 e. The predicted molar refractivity (Wildman–Crippen MR) is 76.5 cm³/mol. The van der Waals surface area contributed by atoms with Gasteiger partial charge in [0, 0.05) is 5.56 Å². The molecule has 1 aromatic rings. The molecule has 1 aliphatic carbocycles. The van der Waals surface area contributed by atoms with Crippen molar-refractivity contribution in [2.24, 2.45) is 11.8 Å². The van der Waals surface area contributed by atoms with Crippen molar-refractivity contribution in [3.8, 4) is 6.07 Å². The maximum Gasteiger partial charge on any atom is 0.348 e. The van der Waals surface area contributed by atoms with Crippen molar-refractivity contribution in [2.75, 3.05) is 12.3 Å². The maximum atomic E-state index is 11.9. The third kappa shape index (κ3) is 3.16. The van der Waals surface area contributed by atoms with Crippen LogP contribution in [0.15, 0.2) is 0 Å². The number of ether oxygens (including phenoxy) is 2. The fraction of sp³-hybridized carbons (Fsp3) is 0.500. The highest BCUT2D eigenvalue weighted by Gasteiger charge is 2.40. The van der Waals surface area contributed by atoms with Gasteiger partial charge in [-0.1, -0.05) is 6.92 Å². The Morgan fingerprint density at radius 3 is 2.67 bits per heavy atom. The summed E-state index contributed by atoms with van der Waals surface area (Å²) in [5, 5.41) is 9.37. The van der Waals surface area contributed by atoms with Crippen LogP contribution in [0.3, 0.4) is 0 Å². The highest BCUT2D eigenvalue weighted by Crippen LogP contribution is 2.39. The number of esters is 2. The summed E-state index contributed by atoms with van der Waals surface area (Å²) in [5.41, 5.74) is 6.25. The summed E-state index contributed by atoms with van der Waals surface area (Å²) in [7, 11) is 0. The van der Waals surface area contributed by atoms with Gasteiger partial charge in [-0.2, -0.15) is 5.26 Å². The van der Waals surface area contributed by atoms with Crippen LogP contribution >= 0.6 is 11.3 Å². The van der Waals surface area contributed by atoms with Crippen LogP contribution in [0.2, 0.25) is 0 Å². The summed E-state index contributed by atoms with van der Waals surface area (Å²) in [4.78, 5) is 23.9. The predicted octanol–water partition coefficient (Wildman–Crippen LogP) is 2.08. The van der Waals surface area contributed by atoms with Crippen LogP contribution < -0.4 is 5.73 Å². The van der Waals surface area contributed by atoms with E-state index in [1.54, 1.807) is 6.92 Å². The van der Waals surface area contributed by atoms with Gasteiger partial charge in [-0.15, -0.1) is 11.3 Å². The molecule has 1 fully saturated rings. The summed E-state index contributed by atoms with van der Waals surface area (Å²) >= 11 is 0.979. The normalized spacial score (nSPS) is 19.7. The number of nitriles is 1. The van der Waals surface area contributed by atoms with Crippen LogP contribution in [0.5, 0.6) is 0 Å². The molecule has 0 saturated heterocycles. The number of carbonyl (C=O) groups is 2. The second-order valence-corrected chi connectivity index (χ2v) is 5.96. The molecule has 1 heterocycles. The minimum absolute atomic E-state index is 0.0717. The van der Waals surface area contributed by atoms with Gasteiger partial charge < -0.3 is 15.2 Å². The SMILES string of the molecule is CCOC(=O)c1sc(N)c(C#N)c1COC(=O)[C@H]1C[C@H]1C. The molecule has 2 rings (SSSR count). The molecule has 1 aromatic heterocycles. The third-order valence-corrected chi connectivity index (χ3v) is 4.42. The first-order valence-electron chi connectivity index (χ1n) is 6.64. The van der Waals surface area contributed by atoms with Crippen LogP contribution in [0.1, 0.15) is 41.1 Å². The first-order chi connectivity index (χ1) is 9.99. The van der Waals surface area contributed by atoms with Crippen molar-refractivity contribution in [3.63, 3.8) is 0 Å². The van der Waals surface area contributed by atoms with Crippen LogP contribution in [-0.2, 0) is 20.9 Å². The molecule has 0 unspecified atom stereocenters. The van der Waals surface area contributed by atoms with E-state index in [4.69, 9.17) is 20.5 Å². The molecule has 2 atom stereocenters. The van der Waals surface area contributed by atoms with Gasteiger partial charge in [-0.3, -0.25) is 4.79 Å². The van der Waals surface area contributed by atoms with Gasteiger partial charge >= 0.3 is 11.9 Å². The number of hydrogen-bond acceptors (Lipinski definition) is 7. The molecule has 0 amide bonds. The van der Waals surface area contributed by atoms with Crippen molar-refractivity contribution in [1.29, 1.82) is 5.26 Å². The highest BCUT2D eigenvalue weighted by molar-refractivity contribution is 7.18. The van der Waals surface area contributed by atoms with E-state index in [9.17, 15) is 9.59 Å². The van der Waals surface area contributed by atoms with Gasteiger partial charge in [0.2, 0.25) is 0 Å². The number of hydrogen-bond donors (Lipinski definition) is 1. The first-order valence-corrected chi connectivity index (χ1v) is 7.46. The summed E-state index contributed by atoms with van der Waals surface area (Å²) < 4.78 is 10.1. The van der Waals surface area contributed by atoms with E-state index in [2.05, 4.69) is 0 Å². The molecule has 112 valence electrons. The van der Waals surface area contributed by atoms with Crippen molar-refractivity contribution < 1.29 is 19.1 Å². The minimum atomic E-state index is -0.554. The molecule has 7 heteroatoms. The van der Waals surface area contributed by atoms with E-state index in [1.165, 1.54) is 0 Å². The molecule has 0 spiro atoms. The Hall–Kier alpha value is -2.07. The fourth-order valence-electron chi connectivity index (χ4n) is 2.01. The number of rotatable bonds is 5. The summed E-state index contributed by atoms with van der Waals surface area (Å²) in [6, 6.07) is 1.94. The monoisotopic (exact) mass is 308 g/mol. The lowest BCUT2D eigenvalue weighted by molar-refractivity contribution is -0.146. The van der Waals surface area contributed by atoms with Crippen LogP contribution in [0.4, 0.5) is 5.00 Å². The van der Waals surface area contributed by atoms with E-state index in [0.717, 1.165) is 17.8 Å². The second-order valence-electron chi connectivity index (χ2n) is 4.91. The number of thiophene rings is 1. The van der Waals surface area contributed by atoms with Gasteiger partial charge in [0.05, 0.1) is 18.1 Å². The molecule has 6 nitrogen and oxygen atoms in total. The molecule has 2 N–H and O–H groups in total. The number of nitrogen functional groups attached to an aromatic ring is 1. The lowest BCUT2D eigenvalue weighted by atomic mass is 10.1. The Morgan fingerprint density at radius 1 is 1.48 bits per heavy atom. The average Bonchev–Trinajstić information content (AvgIpc) is 3.08. The highest BCUT2D eigenvalue weighted by atomic mass is 32.1. The Labute approximate surface area is 126 Å². The zero-order valence-corrected chi connectivity index (χ0v) is 12.7. The Kier molecular flexibility index (Phi) is 4.48. The molecule has 0 aromatic carbocycles. The lowest BCUT2D eigenvalue weighted by Gasteiger charge is -2.06. The number of carbonyl (C=O) groups excluding carboxylic acids is 2. The molecule has 1 aliphatic rings. The Morgan fingerprint density at radius 2 is 2.14 bits per heavy atom. The van der Waals surface area contributed by atoms with Crippen molar-refractivity contribution >= 4 is 28.3 Å². The third-order valence-electron chi connectivity index (χ3n) is 3.38. The zero-order valence-electron chi connectivity index (χ0n) is 11.8. The van der Waals surface area contributed by atoms with E-state index in [0.29, 0.717) is 11.5 Å². The molecule has 21 heavy (non-hydrogen) atoms.